The summed E-state index contributed by atoms with van der Waals surface area (Å²) < 4.78 is 11.1. The zero-order chi connectivity index (χ0) is 29.8. The summed E-state index contributed by atoms with van der Waals surface area (Å²) in [6.45, 7) is 12.1. The van der Waals surface area contributed by atoms with Crippen molar-refractivity contribution in [1.82, 2.24) is 31.1 Å². The van der Waals surface area contributed by atoms with Gasteiger partial charge in [0.1, 0.15) is 24.4 Å². The average molecular weight is 559 g/mol. The lowest BCUT2D eigenvalue weighted by Crippen LogP contribution is -2.51. The number of rotatable bonds is 4. The minimum atomic E-state index is -0.810. The quantitative estimate of drug-likeness (QED) is 0.281. The molecule has 216 valence electrons. The molecule has 4 heterocycles. The predicted molar refractivity (Wildman–Crippen MR) is 141 cm³/mol. The van der Waals surface area contributed by atoms with E-state index in [1.807, 2.05) is 47.1 Å². The number of barbiturate groups is 2. The number of amides is 8. The van der Waals surface area contributed by atoms with Gasteiger partial charge in [-0.15, -0.1) is 0 Å². The van der Waals surface area contributed by atoms with Crippen molar-refractivity contribution in [2.75, 3.05) is 26.8 Å². The van der Waals surface area contributed by atoms with E-state index in [1.165, 1.54) is 12.2 Å². The predicted octanol–water partition coefficient (Wildman–Crippen LogP) is 0.502. The maximum absolute atomic E-state index is 11.6. The number of nitrogens with one attached hydrogen (secondary N) is 4. The molecule has 0 radical (unpaired) electrons. The Labute approximate surface area is 231 Å². The molecule has 8 amide bonds. The second-order valence-corrected chi connectivity index (χ2v) is 10.6. The molecule has 4 aliphatic heterocycles. The van der Waals surface area contributed by atoms with Crippen LogP contribution in [-0.2, 0) is 28.7 Å². The van der Waals surface area contributed by atoms with Crippen LogP contribution in [0.25, 0.3) is 0 Å². The zero-order valence-electron chi connectivity index (χ0n) is 23.3. The minimum absolute atomic E-state index is 0.119. The van der Waals surface area contributed by atoms with Crippen molar-refractivity contribution < 1.29 is 38.2 Å². The molecule has 4 fully saturated rings. The van der Waals surface area contributed by atoms with E-state index in [9.17, 15) is 28.8 Å². The monoisotopic (exact) mass is 558 g/mol. The number of carbonyl (C=O) groups excluding carboxylic acids is 6. The summed E-state index contributed by atoms with van der Waals surface area (Å²) in [7, 11) is 1.86. The van der Waals surface area contributed by atoms with Crippen LogP contribution in [0, 0.1) is 0 Å². The fraction of sp³-hybridized carbons (Fsp3) is 0.462. The van der Waals surface area contributed by atoms with Gasteiger partial charge in [0, 0.05) is 13.6 Å². The first-order valence-electron chi connectivity index (χ1n) is 12.6. The number of allylic oxidation sites excluding steroid dienone is 4. The Balaban J connectivity index is 0.000000222. The number of urea groups is 2. The maximum atomic E-state index is 11.6. The molecule has 0 unspecified atom stereocenters. The van der Waals surface area contributed by atoms with Crippen LogP contribution >= 0.6 is 0 Å². The zero-order valence-corrected chi connectivity index (χ0v) is 23.3. The highest BCUT2D eigenvalue weighted by Gasteiger charge is 2.36. The summed E-state index contributed by atoms with van der Waals surface area (Å²) in [5, 5.41) is 8.05. The van der Waals surface area contributed by atoms with Gasteiger partial charge in [0.15, 0.2) is 11.8 Å². The van der Waals surface area contributed by atoms with E-state index in [0.29, 0.717) is 25.0 Å². The molecule has 0 bridgehead atoms. The van der Waals surface area contributed by atoms with Crippen LogP contribution in [0.3, 0.4) is 0 Å². The third-order valence-corrected chi connectivity index (χ3v) is 6.50. The van der Waals surface area contributed by atoms with Gasteiger partial charge in [-0.25, -0.2) is 9.59 Å². The lowest BCUT2D eigenvalue weighted by molar-refractivity contribution is -0.125. The van der Waals surface area contributed by atoms with Gasteiger partial charge < -0.3 is 19.3 Å². The fourth-order valence-corrected chi connectivity index (χ4v) is 3.94. The van der Waals surface area contributed by atoms with E-state index in [-0.39, 0.29) is 22.2 Å². The van der Waals surface area contributed by atoms with Gasteiger partial charge in [0.25, 0.3) is 23.6 Å². The lowest BCUT2D eigenvalue weighted by Gasteiger charge is -2.30. The summed E-state index contributed by atoms with van der Waals surface area (Å²) in [4.78, 5) is 72.0. The highest BCUT2D eigenvalue weighted by molar-refractivity contribution is 6.29. The van der Waals surface area contributed by atoms with Gasteiger partial charge in [-0.2, -0.15) is 0 Å². The molecule has 40 heavy (non-hydrogen) atoms. The first kappa shape index (κ1) is 29.9. The molecule has 14 nitrogen and oxygen atoms in total. The van der Waals surface area contributed by atoms with Crippen LogP contribution in [0.2, 0.25) is 0 Å². The Morgan fingerprint density at radius 3 is 1.48 bits per heavy atom. The van der Waals surface area contributed by atoms with Crippen LogP contribution < -0.4 is 21.3 Å². The standard InChI is InChI=1S/C14H19N3O4.C12H15N3O4/c1-4-7-17-10(21-8-14(17,2)3)6-5-9-11(18)15-13(20)16-12(9)19;1-12(2)6-19-8(15(12)3)5-4-7-9(16)13-11(18)14-10(7)17/h5-6H,4,7-8H2,1-3H3,(H2,15,16,18,19,20);4-5H,6H2,1-3H3,(H2,13,14,16,17,18)/b10-6-;8-5-. The highest BCUT2D eigenvalue weighted by Crippen LogP contribution is 2.30. The van der Waals surface area contributed by atoms with E-state index in [1.54, 1.807) is 12.2 Å². The summed E-state index contributed by atoms with van der Waals surface area (Å²) >= 11 is 0. The average Bonchev–Trinajstić information content (AvgIpc) is 3.27. The van der Waals surface area contributed by atoms with Crippen molar-refractivity contribution in [2.45, 2.75) is 52.1 Å². The van der Waals surface area contributed by atoms with Crippen molar-refractivity contribution in [3.63, 3.8) is 0 Å². The smallest absolute Gasteiger partial charge is 0.328 e. The van der Waals surface area contributed by atoms with Crippen molar-refractivity contribution in [2.24, 2.45) is 0 Å². The van der Waals surface area contributed by atoms with E-state index < -0.39 is 35.7 Å². The molecule has 14 heteroatoms. The summed E-state index contributed by atoms with van der Waals surface area (Å²) in [6, 6.07) is -1.61. The Kier molecular flexibility index (Phi) is 8.71. The number of carbonyl (C=O) groups is 6. The number of likely N-dealkylation sites (N-methyl/N-ethyl adjacent to an activating group) is 1. The fourth-order valence-electron chi connectivity index (χ4n) is 3.94. The summed E-state index contributed by atoms with van der Waals surface area (Å²) in [6.07, 6.45) is 6.80. The molecule has 4 N–H and O–H groups in total. The Morgan fingerprint density at radius 2 is 1.07 bits per heavy atom. The van der Waals surface area contributed by atoms with Gasteiger partial charge in [0.05, 0.1) is 11.1 Å². The Bertz CT molecular complexity index is 1220. The molecule has 0 spiro atoms. The SMILES string of the molecule is CCCN1/C(=C/C=C2C(=O)NC(=O)NC2=O)OCC1(C)C.CN1/C(=C/C=C2C(=O)NC(=O)NC2=O)OCC1(C)C. The number of hydrogen-bond acceptors (Lipinski definition) is 10. The van der Waals surface area contributed by atoms with Crippen molar-refractivity contribution in [3.8, 4) is 0 Å². The molecule has 0 aliphatic carbocycles. The first-order valence-corrected chi connectivity index (χ1v) is 12.6. The number of nitrogens with zero attached hydrogens (tertiary/aromatic N) is 2. The third-order valence-electron chi connectivity index (χ3n) is 6.50. The highest BCUT2D eigenvalue weighted by atomic mass is 16.5. The van der Waals surface area contributed by atoms with Crippen LogP contribution in [-0.4, -0.2) is 83.4 Å². The molecular weight excluding hydrogens is 524 g/mol. The van der Waals surface area contributed by atoms with Crippen molar-refractivity contribution >= 4 is 35.7 Å². The van der Waals surface area contributed by atoms with Gasteiger partial charge in [0.2, 0.25) is 0 Å². The largest absolute Gasteiger partial charge is 0.477 e. The maximum Gasteiger partial charge on any atom is 0.328 e. The topological polar surface area (TPSA) is 175 Å². The molecular formula is C26H34N6O8. The van der Waals surface area contributed by atoms with Crippen LogP contribution in [0.4, 0.5) is 9.59 Å². The van der Waals surface area contributed by atoms with E-state index >= 15 is 0 Å². The van der Waals surface area contributed by atoms with Gasteiger partial charge in [-0.05, 0) is 58.4 Å². The van der Waals surface area contributed by atoms with Crippen LogP contribution in [0.1, 0.15) is 41.0 Å². The third kappa shape index (κ3) is 6.68. The second-order valence-electron chi connectivity index (χ2n) is 10.6. The summed E-state index contributed by atoms with van der Waals surface area (Å²) in [5.41, 5.74) is -0.522. The normalized spacial score (nSPS) is 23.6. The van der Waals surface area contributed by atoms with Crippen LogP contribution in [0.15, 0.2) is 47.2 Å². The Morgan fingerprint density at radius 1 is 0.675 bits per heavy atom. The molecule has 0 atom stereocenters. The van der Waals surface area contributed by atoms with Gasteiger partial charge >= 0.3 is 12.1 Å². The number of hydrogen-bond donors (Lipinski definition) is 4. The van der Waals surface area contributed by atoms with Gasteiger partial charge in [-0.1, -0.05) is 6.92 Å². The molecule has 0 aromatic rings. The Hall–Kier alpha value is -4.62. The number of imide groups is 4. The minimum Gasteiger partial charge on any atom is -0.477 e. The van der Waals surface area contributed by atoms with Crippen molar-refractivity contribution in [3.05, 3.63) is 47.2 Å². The second kappa shape index (κ2) is 11.6. The molecule has 4 rings (SSSR count). The molecule has 4 aliphatic rings. The lowest BCUT2D eigenvalue weighted by atomic mass is 10.1. The molecule has 0 aromatic carbocycles. The van der Waals surface area contributed by atoms with E-state index in [0.717, 1.165) is 13.0 Å². The number of ether oxygens (including phenoxy) is 2. The molecule has 0 aromatic heterocycles. The first-order chi connectivity index (χ1) is 18.7. The van der Waals surface area contributed by atoms with Crippen LogP contribution in [0.5, 0.6) is 0 Å². The molecule has 4 saturated heterocycles. The van der Waals surface area contributed by atoms with Crippen molar-refractivity contribution in [1.29, 1.82) is 0 Å². The van der Waals surface area contributed by atoms with E-state index in [4.69, 9.17) is 9.47 Å². The van der Waals surface area contributed by atoms with Gasteiger partial charge in [-0.3, -0.25) is 40.4 Å². The van der Waals surface area contributed by atoms with E-state index in [2.05, 4.69) is 25.7 Å². The summed E-state index contributed by atoms with van der Waals surface area (Å²) in [5.74, 6) is -1.67. The molecule has 0 saturated carbocycles.